The lowest BCUT2D eigenvalue weighted by molar-refractivity contribution is 0.102. The minimum Gasteiger partial charge on any atom is -0.481 e. The van der Waals surface area contributed by atoms with Crippen LogP contribution in [0.25, 0.3) is 0 Å². The summed E-state index contributed by atoms with van der Waals surface area (Å²) in [6, 6.07) is 12.1. The van der Waals surface area contributed by atoms with Gasteiger partial charge < -0.3 is 10.1 Å². The van der Waals surface area contributed by atoms with E-state index in [2.05, 4.69) is 20.0 Å². The van der Waals surface area contributed by atoms with E-state index in [-0.39, 0.29) is 22.2 Å². The molecule has 0 atom stereocenters. The van der Waals surface area contributed by atoms with Gasteiger partial charge in [-0.25, -0.2) is 22.8 Å². The quantitative estimate of drug-likeness (QED) is 0.656. The minimum absolute atomic E-state index is 0.0335. The fourth-order valence-corrected chi connectivity index (χ4v) is 3.25. The SMILES string of the molecule is COc1cc(NS(=O)(=O)c2ccc(NC(=O)c3cccc(F)c3)cc2)ncn1. The Kier molecular flexibility index (Phi) is 5.50. The van der Waals surface area contributed by atoms with Gasteiger partial charge in [0.15, 0.2) is 0 Å². The number of amides is 1. The van der Waals surface area contributed by atoms with E-state index in [1.54, 1.807) is 0 Å². The van der Waals surface area contributed by atoms with E-state index in [0.29, 0.717) is 5.69 Å². The first-order valence-corrected chi connectivity index (χ1v) is 9.41. The third-order valence-electron chi connectivity index (χ3n) is 3.60. The van der Waals surface area contributed by atoms with Crippen LogP contribution in [0.5, 0.6) is 5.88 Å². The molecule has 0 fully saturated rings. The number of nitrogens with one attached hydrogen (secondary N) is 2. The largest absolute Gasteiger partial charge is 0.481 e. The molecule has 3 rings (SSSR count). The molecule has 10 heteroatoms. The van der Waals surface area contributed by atoms with Crippen LogP contribution in [-0.2, 0) is 10.0 Å². The number of benzene rings is 2. The van der Waals surface area contributed by atoms with Gasteiger partial charge >= 0.3 is 0 Å². The molecule has 1 aromatic heterocycles. The van der Waals surface area contributed by atoms with Crippen LogP contribution >= 0.6 is 0 Å². The van der Waals surface area contributed by atoms with Crippen LogP contribution in [0.1, 0.15) is 10.4 Å². The van der Waals surface area contributed by atoms with Gasteiger partial charge in [-0.15, -0.1) is 0 Å². The summed E-state index contributed by atoms with van der Waals surface area (Å²) in [6.07, 6.45) is 1.17. The first-order valence-electron chi connectivity index (χ1n) is 7.93. The van der Waals surface area contributed by atoms with Gasteiger partial charge in [0.2, 0.25) is 5.88 Å². The van der Waals surface area contributed by atoms with Crippen LogP contribution in [0, 0.1) is 5.82 Å². The Hall–Kier alpha value is -3.53. The lowest BCUT2D eigenvalue weighted by Gasteiger charge is -2.09. The van der Waals surface area contributed by atoms with E-state index in [1.165, 1.54) is 62.0 Å². The molecule has 0 bridgehead atoms. The molecular formula is C18H15FN4O4S. The van der Waals surface area contributed by atoms with Gasteiger partial charge in [-0.05, 0) is 42.5 Å². The summed E-state index contributed by atoms with van der Waals surface area (Å²) < 4.78 is 45.3. The number of rotatable bonds is 6. The van der Waals surface area contributed by atoms with Gasteiger partial charge in [-0.3, -0.25) is 9.52 Å². The number of aromatic nitrogens is 2. The van der Waals surface area contributed by atoms with Gasteiger partial charge in [0.05, 0.1) is 12.0 Å². The van der Waals surface area contributed by atoms with E-state index < -0.39 is 21.7 Å². The summed E-state index contributed by atoms with van der Waals surface area (Å²) in [5, 5.41) is 2.57. The highest BCUT2D eigenvalue weighted by Crippen LogP contribution is 2.19. The van der Waals surface area contributed by atoms with Crippen LogP contribution in [0.15, 0.2) is 65.8 Å². The Balaban J connectivity index is 1.73. The van der Waals surface area contributed by atoms with Crippen molar-refractivity contribution in [3.8, 4) is 5.88 Å². The third-order valence-corrected chi connectivity index (χ3v) is 4.97. The number of ether oxygens (including phenoxy) is 1. The van der Waals surface area contributed by atoms with Crippen LogP contribution in [0.3, 0.4) is 0 Å². The predicted octanol–water partition coefficient (Wildman–Crippen LogP) is 2.68. The van der Waals surface area contributed by atoms with Gasteiger partial charge in [-0.2, -0.15) is 0 Å². The summed E-state index contributed by atoms with van der Waals surface area (Å²) >= 11 is 0. The molecule has 0 unspecified atom stereocenters. The second kappa shape index (κ2) is 8.01. The third kappa shape index (κ3) is 4.60. The van der Waals surface area contributed by atoms with Gasteiger partial charge in [0.1, 0.15) is 18.0 Å². The van der Waals surface area contributed by atoms with Crippen molar-refractivity contribution in [3.05, 3.63) is 72.3 Å². The number of hydrogen-bond donors (Lipinski definition) is 2. The second-order valence-corrected chi connectivity index (χ2v) is 7.22. The monoisotopic (exact) mass is 402 g/mol. The number of nitrogens with zero attached hydrogens (tertiary/aromatic N) is 2. The highest BCUT2D eigenvalue weighted by Gasteiger charge is 2.16. The summed E-state index contributed by atoms with van der Waals surface area (Å²) in [5.74, 6) is -0.777. The van der Waals surface area contributed by atoms with Gasteiger partial charge in [0.25, 0.3) is 15.9 Å². The molecule has 28 heavy (non-hydrogen) atoms. The molecular weight excluding hydrogens is 387 g/mol. The zero-order valence-electron chi connectivity index (χ0n) is 14.6. The molecule has 1 heterocycles. The first kappa shape index (κ1) is 19.2. The summed E-state index contributed by atoms with van der Waals surface area (Å²) in [6.45, 7) is 0. The highest BCUT2D eigenvalue weighted by molar-refractivity contribution is 7.92. The topological polar surface area (TPSA) is 110 Å². The molecule has 3 aromatic rings. The lowest BCUT2D eigenvalue weighted by Crippen LogP contribution is -2.15. The Labute approximate surface area is 160 Å². The molecule has 0 saturated heterocycles. The smallest absolute Gasteiger partial charge is 0.263 e. The van der Waals surface area contributed by atoms with Crippen LogP contribution in [-0.4, -0.2) is 31.4 Å². The Morgan fingerprint density at radius 2 is 1.82 bits per heavy atom. The lowest BCUT2D eigenvalue weighted by atomic mass is 10.2. The number of hydrogen-bond acceptors (Lipinski definition) is 6. The maximum atomic E-state index is 13.2. The Morgan fingerprint density at radius 3 is 2.50 bits per heavy atom. The van der Waals surface area contributed by atoms with Crippen molar-refractivity contribution in [3.63, 3.8) is 0 Å². The Morgan fingerprint density at radius 1 is 1.07 bits per heavy atom. The number of carbonyl (C=O) groups excluding carboxylic acids is 1. The summed E-state index contributed by atoms with van der Waals surface area (Å²) in [4.78, 5) is 19.7. The zero-order chi connectivity index (χ0) is 20.1. The molecule has 8 nitrogen and oxygen atoms in total. The molecule has 0 saturated carbocycles. The van der Waals surface area contributed by atoms with Crippen molar-refractivity contribution in [2.75, 3.05) is 17.1 Å². The van der Waals surface area contributed by atoms with Crippen molar-refractivity contribution >= 4 is 27.4 Å². The molecule has 0 radical (unpaired) electrons. The van der Waals surface area contributed by atoms with Crippen molar-refractivity contribution in [1.82, 2.24) is 9.97 Å². The molecule has 2 N–H and O–H groups in total. The van der Waals surface area contributed by atoms with Gasteiger partial charge in [-0.1, -0.05) is 6.07 Å². The maximum Gasteiger partial charge on any atom is 0.263 e. The van der Waals surface area contributed by atoms with Crippen molar-refractivity contribution in [1.29, 1.82) is 0 Å². The molecule has 0 aliphatic heterocycles. The Bertz CT molecular complexity index is 1100. The standard InChI is InChI=1S/C18H15FN4O4S/c1-27-17-10-16(20-11-21-17)23-28(25,26)15-7-5-14(6-8-15)22-18(24)12-3-2-4-13(19)9-12/h2-11H,1H3,(H,22,24)(H,20,21,23). The highest BCUT2D eigenvalue weighted by atomic mass is 32.2. The van der Waals surface area contributed by atoms with Gasteiger partial charge in [0, 0.05) is 17.3 Å². The van der Waals surface area contributed by atoms with Crippen LogP contribution < -0.4 is 14.8 Å². The summed E-state index contributed by atoms with van der Waals surface area (Å²) in [5.41, 5.74) is 0.507. The van der Waals surface area contributed by atoms with Crippen molar-refractivity contribution in [2.24, 2.45) is 0 Å². The first-order chi connectivity index (χ1) is 13.4. The fourth-order valence-electron chi connectivity index (χ4n) is 2.25. The molecule has 0 aliphatic carbocycles. The van der Waals surface area contributed by atoms with Crippen LogP contribution in [0.2, 0.25) is 0 Å². The molecule has 144 valence electrons. The number of halogens is 1. The predicted molar refractivity (Wildman–Crippen MR) is 100 cm³/mol. The molecule has 1 amide bonds. The van der Waals surface area contributed by atoms with E-state index >= 15 is 0 Å². The normalized spacial score (nSPS) is 10.9. The van der Waals surface area contributed by atoms with Crippen molar-refractivity contribution < 1.29 is 22.3 Å². The van der Waals surface area contributed by atoms with E-state index in [0.717, 1.165) is 6.07 Å². The number of methoxy groups -OCH3 is 1. The second-order valence-electron chi connectivity index (χ2n) is 5.54. The van der Waals surface area contributed by atoms with Crippen molar-refractivity contribution in [2.45, 2.75) is 4.90 Å². The zero-order valence-corrected chi connectivity index (χ0v) is 15.4. The minimum atomic E-state index is -3.90. The van der Waals surface area contributed by atoms with Crippen LogP contribution in [0.4, 0.5) is 15.9 Å². The molecule has 0 aliphatic rings. The maximum absolute atomic E-state index is 13.2. The van der Waals surface area contributed by atoms with E-state index in [9.17, 15) is 17.6 Å². The average molecular weight is 402 g/mol. The fraction of sp³-hybridized carbons (Fsp3) is 0.0556. The average Bonchev–Trinajstić information content (AvgIpc) is 2.68. The van der Waals surface area contributed by atoms with E-state index in [1.807, 2.05) is 0 Å². The summed E-state index contributed by atoms with van der Waals surface area (Å²) in [7, 11) is -2.50. The number of carbonyl (C=O) groups is 1. The van der Waals surface area contributed by atoms with E-state index in [4.69, 9.17) is 4.74 Å². The number of sulfonamides is 1. The molecule has 2 aromatic carbocycles. The molecule has 0 spiro atoms. The number of anilines is 2.